The van der Waals surface area contributed by atoms with Gasteiger partial charge in [0.05, 0.1) is 13.2 Å². The van der Waals surface area contributed by atoms with Crippen molar-refractivity contribution in [3.05, 3.63) is 35.6 Å². The van der Waals surface area contributed by atoms with Gasteiger partial charge in [-0.15, -0.1) is 12.1 Å². The van der Waals surface area contributed by atoms with Crippen molar-refractivity contribution in [3.63, 3.8) is 0 Å². The molecule has 4 heteroatoms. The zero-order valence-electron chi connectivity index (χ0n) is 13.7. The molecule has 1 aromatic carbocycles. The van der Waals surface area contributed by atoms with E-state index in [0.29, 0.717) is 0 Å². The molecule has 0 radical (unpaired) electrons. The molecule has 1 spiro atoms. The van der Waals surface area contributed by atoms with E-state index in [0.717, 1.165) is 37.5 Å². The summed E-state index contributed by atoms with van der Waals surface area (Å²) in [6.07, 6.45) is 7.55. The van der Waals surface area contributed by atoms with Gasteiger partial charge in [0.2, 0.25) is 0 Å². The molecule has 2 aliphatic rings. The molecule has 0 aromatic heterocycles. The van der Waals surface area contributed by atoms with Gasteiger partial charge in [-0.2, -0.15) is 17.7 Å². The van der Waals surface area contributed by atoms with E-state index < -0.39 is 0 Å². The van der Waals surface area contributed by atoms with Crippen molar-refractivity contribution in [1.82, 2.24) is 0 Å². The maximum Gasteiger partial charge on any atom is 0.168 e. The molecule has 1 aliphatic heterocycles. The molecule has 0 unspecified atom stereocenters. The van der Waals surface area contributed by atoms with E-state index in [2.05, 4.69) is 13.0 Å². The third kappa shape index (κ3) is 6.32. The first-order valence-corrected chi connectivity index (χ1v) is 8.06. The average molecular weight is 531 g/mol. The van der Waals surface area contributed by atoms with Crippen LogP contribution in [0.3, 0.4) is 0 Å². The molecule has 1 aromatic rings. The molecule has 22 heavy (non-hydrogen) atoms. The van der Waals surface area contributed by atoms with Gasteiger partial charge in [-0.1, -0.05) is 26.7 Å². The summed E-state index contributed by atoms with van der Waals surface area (Å²) >= 11 is 0. The van der Waals surface area contributed by atoms with Crippen molar-refractivity contribution in [1.29, 1.82) is 0 Å². The summed E-state index contributed by atoms with van der Waals surface area (Å²) in [4.78, 5) is 0. The zero-order valence-corrected chi connectivity index (χ0v) is 17.8. The monoisotopic (exact) mass is 531 g/mol. The van der Waals surface area contributed by atoms with E-state index in [9.17, 15) is 4.39 Å². The van der Waals surface area contributed by atoms with Crippen molar-refractivity contribution >= 4 is 0 Å². The van der Waals surface area contributed by atoms with Crippen LogP contribution in [0.2, 0.25) is 0 Å². The summed E-state index contributed by atoms with van der Waals surface area (Å²) in [5.74, 6) is 0.498. The van der Waals surface area contributed by atoms with Gasteiger partial charge in [0.1, 0.15) is 0 Å². The van der Waals surface area contributed by atoms with E-state index in [1.54, 1.807) is 6.07 Å². The Labute approximate surface area is 157 Å². The van der Waals surface area contributed by atoms with Gasteiger partial charge in [-0.05, 0) is 18.8 Å². The molecular weight excluding hydrogens is 505 g/mol. The normalized spacial score (nSPS) is 20.1. The molecule has 0 N–H and O–H groups in total. The summed E-state index contributed by atoms with van der Waals surface area (Å²) in [6.45, 7) is 5.69. The Morgan fingerprint density at radius 1 is 1.23 bits per heavy atom. The Bertz CT molecular complexity index is 406. The maximum atomic E-state index is 12.1. The second-order valence-corrected chi connectivity index (χ2v) is 6.02. The van der Waals surface area contributed by atoms with Crippen molar-refractivity contribution in [2.75, 3.05) is 13.2 Å². The minimum atomic E-state index is -0.287. The van der Waals surface area contributed by atoms with Crippen LogP contribution in [0.1, 0.15) is 51.0 Å². The van der Waals surface area contributed by atoms with Crippen LogP contribution in [0.4, 0.5) is 4.39 Å². The first-order chi connectivity index (χ1) is 10.1. The minimum Gasteiger partial charge on any atom is -0.348 e. The van der Waals surface area contributed by atoms with Gasteiger partial charge in [0.25, 0.3) is 0 Å². The van der Waals surface area contributed by atoms with Gasteiger partial charge in [-0.25, -0.2) is 4.39 Å². The van der Waals surface area contributed by atoms with E-state index in [1.165, 1.54) is 31.7 Å². The van der Waals surface area contributed by atoms with Gasteiger partial charge < -0.3 is 9.47 Å². The molecule has 1 heterocycles. The largest absolute Gasteiger partial charge is 0.348 e. The fourth-order valence-corrected chi connectivity index (χ4v) is 3.15. The fraction of sp³-hybridized carbons (Fsp3) is 0.667. The van der Waals surface area contributed by atoms with Crippen LogP contribution >= 0.6 is 0 Å². The molecule has 1 aliphatic carbocycles. The molecule has 122 valence electrons. The number of rotatable bonds is 2. The number of halogens is 1. The van der Waals surface area contributed by atoms with Crippen LogP contribution in [0.15, 0.2) is 18.2 Å². The molecule has 0 amide bonds. The van der Waals surface area contributed by atoms with E-state index in [-0.39, 0.29) is 42.7 Å². The molecule has 1 saturated heterocycles. The molecular formula is C18H26FO2U-. The molecule has 3 rings (SSSR count). The summed E-state index contributed by atoms with van der Waals surface area (Å²) in [7, 11) is 0. The van der Waals surface area contributed by atoms with Crippen LogP contribution in [-0.2, 0) is 9.47 Å². The van der Waals surface area contributed by atoms with E-state index in [4.69, 9.17) is 9.47 Å². The van der Waals surface area contributed by atoms with Crippen LogP contribution in [0.5, 0.6) is 0 Å². The predicted molar refractivity (Wildman–Crippen MR) is 81.5 cm³/mol. The molecule has 0 atom stereocenters. The quantitative estimate of drug-likeness (QED) is 0.518. The van der Waals surface area contributed by atoms with Crippen LogP contribution in [0, 0.1) is 55.8 Å². The average Bonchev–Trinajstić information content (AvgIpc) is 2.91. The molecule has 2 nitrogen and oxygen atoms in total. The van der Waals surface area contributed by atoms with Crippen molar-refractivity contribution < 1.29 is 45.0 Å². The van der Waals surface area contributed by atoms with Crippen molar-refractivity contribution in [2.24, 2.45) is 5.92 Å². The first kappa shape index (κ1) is 20.2. The van der Waals surface area contributed by atoms with E-state index in [1.807, 2.05) is 13.0 Å². The fourth-order valence-electron chi connectivity index (χ4n) is 3.15. The van der Waals surface area contributed by atoms with Crippen LogP contribution < -0.4 is 0 Å². The summed E-state index contributed by atoms with van der Waals surface area (Å²) in [6, 6.07) is 7.36. The van der Waals surface area contributed by atoms with Gasteiger partial charge in [0, 0.05) is 49.8 Å². The maximum absolute atomic E-state index is 12.1. The van der Waals surface area contributed by atoms with Crippen molar-refractivity contribution in [3.8, 4) is 0 Å². The Kier molecular flexibility index (Phi) is 9.24. The SMILES string of the molecule is CCCC1CCC2(CC1)OCCO2.Cc1[c-]c(F)ccc1.[U]. The Hall–Kier alpha value is 0.122. The Morgan fingerprint density at radius 2 is 1.86 bits per heavy atom. The number of hydrogen-bond acceptors (Lipinski definition) is 2. The molecule has 1 saturated carbocycles. The van der Waals surface area contributed by atoms with Crippen molar-refractivity contribution in [2.45, 2.75) is 58.2 Å². The second kappa shape index (κ2) is 10.1. The first-order valence-electron chi connectivity index (χ1n) is 8.06. The predicted octanol–water partition coefficient (Wildman–Crippen LogP) is 4.65. The smallest absolute Gasteiger partial charge is 0.168 e. The third-order valence-corrected chi connectivity index (χ3v) is 4.28. The molecule has 2 fully saturated rings. The summed E-state index contributed by atoms with van der Waals surface area (Å²) in [5, 5.41) is 0. The minimum absolute atomic E-state index is 0. The van der Waals surface area contributed by atoms with Crippen LogP contribution in [-0.4, -0.2) is 19.0 Å². The van der Waals surface area contributed by atoms with Gasteiger partial charge in [-0.3, -0.25) is 0 Å². The van der Waals surface area contributed by atoms with Gasteiger partial charge in [0.15, 0.2) is 5.79 Å². The Morgan fingerprint density at radius 3 is 2.32 bits per heavy atom. The topological polar surface area (TPSA) is 18.5 Å². The standard InChI is InChI=1S/C11H20O2.C7H6F.U/c1-2-3-10-4-6-11(7-5-10)12-8-9-13-11;1-6-3-2-4-7(8)5-6;/h10H,2-9H2,1H3;2-4H,1H3;/q;-1;. The van der Waals surface area contributed by atoms with Crippen LogP contribution in [0.25, 0.3) is 0 Å². The van der Waals surface area contributed by atoms with E-state index >= 15 is 0 Å². The molecule has 0 bridgehead atoms. The second-order valence-electron chi connectivity index (χ2n) is 6.02. The third-order valence-electron chi connectivity index (χ3n) is 4.28. The number of ether oxygens (including phenoxy) is 2. The Balaban J connectivity index is 0.000000234. The zero-order chi connectivity index (χ0) is 15.1. The number of benzene rings is 1. The summed E-state index contributed by atoms with van der Waals surface area (Å²) < 4.78 is 23.5. The number of aryl methyl sites for hydroxylation is 1. The number of hydrogen-bond donors (Lipinski definition) is 0. The van der Waals surface area contributed by atoms with Gasteiger partial charge >= 0.3 is 0 Å². The summed E-state index contributed by atoms with van der Waals surface area (Å²) in [5.41, 5.74) is 0.838.